The molecule has 1 aromatic carbocycles. The van der Waals surface area contributed by atoms with Gasteiger partial charge in [0.25, 0.3) is 5.91 Å². The monoisotopic (exact) mass is 411 g/mol. The second-order valence-electron chi connectivity index (χ2n) is 5.93. The van der Waals surface area contributed by atoms with E-state index in [1.165, 1.54) is 25.3 Å². The number of carbonyl (C=O) groups excluding carboxylic acids is 2. The molecule has 1 amide bonds. The van der Waals surface area contributed by atoms with Gasteiger partial charge in [0.2, 0.25) is 0 Å². The molecule has 1 atom stereocenters. The number of carbonyl (C=O) groups is 2. The first-order valence-electron chi connectivity index (χ1n) is 7.52. The fourth-order valence-corrected chi connectivity index (χ4v) is 2.87. The lowest BCUT2D eigenvalue weighted by Crippen LogP contribution is -2.31. The molecular weight excluding hydrogens is 395 g/mol. The summed E-state index contributed by atoms with van der Waals surface area (Å²) >= 11 is 11.7. The van der Waals surface area contributed by atoms with Gasteiger partial charge in [-0.3, -0.25) is 9.59 Å². The molecule has 0 bridgehead atoms. The fraction of sp³-hybridized carbons (Fsp3) is 0.500. The van der Waals surface area contributed by atoms with Gasteiger partial charge in [-0.05, 0) is 24.6 Å². The minimum Gasteiger partial charge on any atom is -0.493 e. The number of alkyl halides is 4. The van der Waals surface area contributed by atoms with E-state index in [0.717, 1.165) is 0 Å². The molecule has 1 fully saturated rings. The molecule has 1 aromatic rings. The van der Waals surface area contributed by atoms with Crippen molar-refractivity contribution >= 4 is 35.1 Å². The lowest BCUT2D eigenvalue weighted by Gasteiger charge is -2.13. The Labute approximate surface area is 158 Å². The standard InChI is InChI=1S/C16H17Cl2F2NO5/c1-15(8-16(15,17)18)13(23)25-7-12(22)21-6-9-3-4-10(26-14(19)20)11(5-9)24-2/h3-5,14H,6-8H2,1-2H3,(H,21,22)/t15-/m1/s1. The average molecular weight is 412 g/mol. The van der Waals surface area contributed by atoms with Crippen molar-refractivity contribution < 1.29 is 32.6 Å². The SMILES string of the molecule is COc1cc(CNC(=O)COC(=O)[C@@]2(C)CC2(Cl)Cl)ccc1OC(F)F. The van der Waals surface area contributed by atoms with Crippen molar-refractivity contribution in [2.45, 2.75) is 30.8 Å². The Bertz CT molecular complexity index is 701. The maximum absolute atomic E-state index is 12.3. The Morgan fingerprint density at radius 3 is 2.50 bits per heavy atom. The zero-order valence-corrected chi connectivity index (χ0v) is 15.5. The van der Waals surface area contributed by atoms with Crippen LogP contribution in [0.5, 0.6) is 11.5 Å². The van der Waals surface area contributed by atoms with Crippen molar-refractivity contribution in [3.05, 3.63) is 23.8 Å². The van der Waals surface area contributed by atoms with E-state index < -0.39 is 34.8 Å². The highest BCUT2D eigenvalue weighted by Gasteiger charge is 2.69. The quantitative estimate of drug-likeness (QED) is 0.525. The topological polar surface area (TPSA) is 73.9 Å². The van der Waals surface area contributed by atoms with Gasteiger partial charge < -0.3 is 19.5 Å². The average Bonchev–Trinajstić information content (AvgIpc) is 3.10. The van der Waals surface area contributed by atoms with Crippen LogP contribution in [0.25, 0.3) is 0 Å². The Kier molecular flexibility index (Phi) is 6.18. The first kappa shape index (κ1) is 20.5. The summed E-state index contributed by atoms with van der Waals surface area (Å²) in [5.74, 6) is -1.20. The lowest BCUT2D eigenvalue weighted by atomic mass is 10.1. The van der Waals surface area contributed by atoms with E-state index in [0.29, 0.717) is 5.56 Å². The largest absolute Gasteiger partial charge is 0.493 e. The molecule has 26 heavy (non-hydrogen) atoms. The van der Waals surface area contributed by atoms with Crippen LogP contribution in [0.2, 0.25) is 0 Å². The van der Waals surface area contributed by atoms with Crippen LogP contribution in [0.15, 0.2) is 18.2 Å². The van der Waals surface area contributed by atoms with Gasteiger partial charge in [0.1, 0.15) is 9.75 Å². The van der Waals surface area contributed by atoms with Gasteiger partial charge >= 0.3 is 12.6 Å². The Morgan fingerprint density at radius 1 is 1.31 bits per heavy atom. The van der Waals surface area contributed by atoms with E-state index in [-0.39, 0.29) is 24.5 Å². The second-order valence-corrected chi connectivity index (χ2v) is 7.41. The maximum atomic E-state index is 12.3. The predicted octanol–water partition coefficient (Wildman–Crippen LogP) is 3.04. The van der Waals surface area contributed by atoms with Crippen LogP contribution in [0.4, 0.5) is 8.78 Å². The van der Waals surface area contributed by atoms with E-state index in [1.54, 1.807) is 6.92 Å². The van der Waals surface area contributed by atoms with Crippen LogP contribution in [-0.2, 0) is 20.9 Å². The van der Waals surface area contributed by atoms with E-state index in [9.17, 15) is 18.4 Å². The zero-order valence-electron chi connectivity index (χ0n) is 14.0. The van der Waals surface area contributed by atoms with Crippen molar-refractivity contribution in [1.29, 1.82) is 0 Å². The van der Waals surface area contributed by atoms with Crippen LogP contribution in [0.1, 0.15) is 18.9 Å². The van der Waals surface area contributed by atoms with Crippen molar-refractivity contribution in [3.8, 4) is 11.5 Å². The third-order valence-electron chi connectivity index (χ3n) is 3.98. The van der Waals surface area contributed by atoms with Crippen molar-refractivity contribution in [2.75, 3.05) is 13.7 Å². The summed E-state index contributed by atoms with van der Waals surface area (Å²) in [4.78, 5) is 23.7. The molecular formula is C16H17Cl2F2NO5. The number of benzene rings is 1. The summed E-state index contributed by atoms with van der Waals surface area (Å²) < 4.78 is 37.6. The van der Waals surface area contributed by atoms with Crippen molar-refractivity contribution in [2.24, 2.45) is 5.41 Å². The third kappa shape index (κ3) is 4.67. The lowest BCUT2D eigenvalue weighted by molar-refractivity contribution is -0.153. The molecule has 1 N–H and O–H groups in total. The molecule has 1 saturated carbocycles. The van der Waals surface area contributed by atoms with Gasteiger partial charge in [0.05, 0.1) is 7.11 Å². The number of amides is 1. The predicted molar refractivity (Wildman–Crippen MR) is 89.6 cm³/mol. The number of rotatable bonds is 8. The molecule has 0 radical (unpaired) electrons. The molecule has 10 heteroatoms. The number of nitrogens with one attached hydrogen (secondary N) is 1. The highest BCUT2D eigenvalue weighted by molar-refractivity contribution is 6.53. The van der Waals surface area contributed by atoms with Gasteiger partial charge in [-0.2, -0.15) is 8.78 Å². The number of halogens is 4. The summed E-state index contributed by atoms with van der Waals surface area (Å²) in [6.07, 6.45) is 0.260. The van der Waals surface area contributed by atoms with E-state index in [1.807, 2.05) is 0 Å². The summed E-state index contributed by atoms with van der Waals surface area (Å²) in [7, 11) is 1.31. The molecule has 0 saturated heterocycles. The molecule has 0 heterocycles. The fourth-order valence-electron chi connectivity index (χ4n) is 2.18. The third-order valence-corrected chi connectivity index (χ3v) is 5.08. The molecule has 0 spiro atoms. The van der Waals surface area contributed by atoms with E-state index in [2.05, 4.69) is 10.1 Å². The highest BCUT2D eigenvalue weighted by Crippen LogP contribution is 2.64. The van der Waals surface area contributed by atoms with Crippen LogP contribution in [0.3, 0.4) is 0 Å². The summed E-state index contributed by atoms with van der Waals surface area (Å²) in [5, 5.41) is 2.53. The van der Waals surface area contributed by atoms with Crippen LogP contribution in [0, 0.1) is 5.41 Å². The van der Waals surface area contributed by atoms with Gasteiger partial charge in [-0.1, -0.05) is 6.07 Å². The zero-order chi connectivity index (χ0) is 19.5. The van der Waals surface area contributed by atoms with Gasteiger partial charge in [0.15, 0.2) is 18.1 Å². The summed E-state index contributed by atoms with van der Waals surface area (Å²) in [5.41, 5.74) is -0.428. The van der Waals surface area contributed by atoms with Crippen LogP contribution in [-0.4, -0.2) is 36.5 Å². The minimum atomic E-state index is -2.97. The van der Waals surface area contributed by atoms with Crippen LogP contribution < -0.4 is 14.8 Å². The molecule has 0 unspecified atom stereocenters. The molecule has 144 valence electrons. The Balaban J connectivity index is 1.83. The van der Waals surface area contributed by atoms with Gasteiger partial charge in [0, 0.05) is 13.0 Å². The molecule has 2 rings (SSSR count). The molecule has 1 aliphatic carbocycles. The minimum absolute atomic E-state index is 0.0773. The van der Waals surface area contributed by atoms with Crippen molar-refractivity contribution in [1.82, 2.24) is 5.32 Å². The second kappa shape index (κ2) is 7.84. The number of hydrogen-bond acceptors (Lipinski definition) is 5. The normalized spacial score (nSPS) is 20.4. The number of ether oxygens (including phenoxy) is 3. The Morgan fingerprint density at radius 2 is 1.96 bits per heavy atom. The first-order valence-corrected chi connectivity index (χ1v) is 8.28. The molecule has 0 aliphatic heterocycles. The first-order chi connectivity index (χ1) is 12.1. The summed E-state index contributed by atoms with van der Waals surface area (Å²) in [6, 6.07) is 4.25. The van der Waals surface area contributed by atoms with Crippen molar-refractivity contribution in [3.63, 3.8) is 0 Å². The highest BCUT2D eigenvalue weighted by atomic mass is 35.5. The Hall–Kier alpha value is -1.80. The summed E-state index contributed by atoms with van der Waals surface area (Å²) in [6.45, 7) is -1.82. The molecule has 6 nitrogen and oxygen atoms in total. The number of hydrogen-bond donors (Lipinski definition) is 1. The number of esters is 1. The van der Waals surface area contributed by atoms with E-state index in [4.69, 9.17) is 32.7 Å². The smallest absolute Gasteiger partial charge is 0.387 e. The van der Waals surface area contributed by atoms with Gasteiger partial charge in [-0.15, -0.1) is 23.2 Å². The number of methoxy groups -OCH3 is 1. The molecule has 1 aliphatic rings. The van der Waals surface area contributed by atoms with Crippen LogP contribution >= 0.6 is 23.2 Å². The van der Waals surface area contributed by atoms with Gasteiger partial charge in [-0.25, -0.2) is 0 Å². The maximum Gasteiger partial charge on any atom is 0.387 e. The molecule has 0 aromatic heterocycles. The van der Waals surface area contributed by atoms with E-state index >= 15 is 0 Å².